The number of sulfone groups is 1. The number of alkyl halides is 1. The lowest BCUT2D eigenvalue weighted by molar-refractivity contribution is 0.539. The first kappa shape index (κ1) is 12.4. The molecule has 86 valence electrons. The van der Waals surface area contributed by atoms with E-state index < -0.39 is 14.6 Å². The van der Waals surface area contributed by atoms with Crippen LogP contribution in [0.2, 0.25) is 0 Å². The summed E-state index contributed by atoms with van der Waals surface area (Å²) in [6, 6.07) is 0. The first-order valence-corrected chi connectivity index (χ1v) is 6.78. The summed E-state index contributed by atoms with van der Waals surface area (Å²) in [5.74, 6) is 1.17. The largest absolute Gasteiger partial charge is 0.316 e. The molecule has 0 spiro atoms. The molecular weight excluding hydrogens is 238 g/mol. The van der Waals surface area contributed by atoms with Crippen LogP contribution in [0.3, 0.4) is 0 Å². The highest BCUT2D eigenvalue weighted by atomic mass is 35.5. The highest BCUT2D eigenvalue weighted by Crippen LogP contribution is 2.27. The summed E-state index contributed by atoms with van der Waals surface area (Å²) in [5, 5.41) is 7.70. The zero-order valence-electron chi connectivity index (χ0n) is 9.15. The lowest BCUT2D eigenvalue weighted by Crippen LogP contribution is -2.31. The minimum Gasteiger partial charge on any atom is -0.316 e. The van der Waals surface area contributed by atoms with Crippen molar-refractivity contribution in [2.24, 2.45) is 7.05 Å². The molecule has 1 heterocycles. The Hall–Kier alpha value is -0.620. The van der Waals surface area contributed by atoms with Crippen molar-refractivity contribution in [3.05, 3.63) is 11.6 Å². The van der Waals surface area contributed by atoms with Crippen LogP contribution in [0.4, 0.5) is 0 Å². The predicted octanol–water partition coefficient (Wildman–Crippen LogP) is 0.834. The van der Waals surface area contributed by atoms with Gasteiger partial charge in [-0.15, -0.1) is 21.8 Å². The third-order valence-electron chi connectivity index (χ3n) is 2.55. The van der Waals surface area contributed by atoms with Crippen LogP contribution >= 0.6 is 11.6 Å². The van der Waals surface area contributed by atoms with Crippen LogP contribution in [0.15, 0.2) is 0 Å². The molecule has 0 bridgehead atoms. The van der Waals surface area contributed by atoms with Crippen LogP contribution in [0.5, 0.6) is 0 Å². The second kappa shape index (κ2) is 3.75. The minimum absolute atomic E-state index is 0.212. The maximum atomic E-state index is 11.6. The van der Waals surface area contributed by atoms with E-state index in [1.807, 2.05) is 0 Å². The van der Waals surface area contributed by atoms with E-state index in [9.17, 15) is 8.42 Å². The Morgan fingerprint density at radius 2 is 1.93 bits per heavy atom. The summed E-state index contributed by atoms with van der Waals surface area (Å²) in [6.45, 7) is 3.20. The van der Waals surface area contributed by atoms with E-state index in [1.54, 1.807) is 25.5 Å². The maximum absolute atomic E-state index is 11.6. The lowest BCUT2D eigenvalue weighted by atomic mass is 10.2. The summed E-state index contributed by atoms with van der Waals surface area (Å²) in [5.41, 5.74) is 0. The molecule has 0 amide bonds. The van der Waals surface area contributed by atoms with Gasteiger partial charge < -0.3 is 4.57 Å². The quantitative estimate of drug-likeness (QED) is 0.747. The van der Waals surface area contributed by atoms with Gasteiger partial charge in [-0.25, -0.2) is 8.42 Å². The normalized spacial score (nSPS) is 13.1. The van der Waals surface area contributed by atoms with E-state index >= 15 is 0 Å². The molecular formula is C8H14ClN3O2S. The molecule has 0 unspecified atom stereocenters. The van der Waals surface area contributed by atoms with Crippen molar-refractivity contribution in [2.75, 3.05) is 6.26 Å². The van der Waals surface area contributed by atoms with Gasteiger partial charge in [0.1, 0.15) is 10.6 Å². The number of aromatic nitrogens is 3. The first-order valence-electron chi connectivity index (χ1n) is 4.36. The Morgan fingerprint density at radius 1 is 1.40 bits per heavy atom. The smallest absolute Gasteiger partial charge is 0.159 e. The summed E-state index contributed by atoms with van der Waals surface area (Å²) < 4.78 is 23.7. The van der Waals surface area contributed by atoms with Crippen LogP contribution in [0.1, 0.15) is 25.5 Å². The number of halogens is 1. The van der Waals surface area contributed by atoms with E-state index in [4.69, 9.17) is 11.6 Å². The summed E-state index contributed by atoms with van der Waals surface area (Å²) in [6.07, 6.45) is 1.18. The van der Waals surface area contributed by atoms with E-state index in [-0.39, 0.29) is 5.88 Å². The molecule has 0 aliphatic heterocycles. The van der Waals surface area contributed by atoms with Gasteiger partial charge in [0.15, 0.2) is 15.7 Å². The van der Waals surface area contributed by atoms with Crippen LogP contribution in [0, 0.1) is 0 Å². The molecule has 0 radical (unpaired) electrons. The van der Waals surface area contributed by atoms with Gasteiger partial charge in [-0.2, -0.15) is 0 Å². The summed E-state index contributed by atoms with van der Waals surface area (Å²) in [7, 11) is -1.53. The third kappa shape index (κ3) is 2.01. The Kier molecular flexibility index (Phi) is 3.11. The van der Waals surface area contributed by atoms with E-state index in [1.165, 1.54) is 6.26 Å². The maximum Gasteiger partial charge on any atom is 0.159 e. The molecule has 7 heteroatoms. The standard InChI is InChI=1S/C8H14ClN3O2S/c1-8(2,15(4,13)14)7-11-10-6(5-9)12(7)3/h5H2,1-4H3. The van der Waals surface area contributed by atoms with Crippen molar-refractivity contribution in [3.8, 4) is 0 Å². The molecule has 0 aromatic carbocycles. The van der Waals surface area contributed by atoms with E-state index in [0.29, 0.717) is 11.6 Å². The van der Waals surface area contributed by atoms with E-state index in [0.717, 1.165) is 0 Å². The molecule has 0 aliphatic rings. The van der Waals surface area contributed by atoms with Crippen LogP contribution in [-0.2, 0) is 27.5 Å². The predicted molar refractivity (Wildman–Crippen MR) is 58.4 cm³/mol. The Balaban J connectivity index is 3.34. The summed E-state index contributed by atoms with van der Waals surface area (Å²) >= 11 is 5.64. The number of rotatable bonds is 3. The highest BCUT2D eigenvalue weighted by Gasteiger charge is 2.37. The van der Waals surface area contributed by atoms with Crippen molar-refractivity contribution in [1.82, 2.24) is 14.8 Å². The van der Waals surface area contributed by atoms with Gasteiger partial charge in [0.2, 0.25) is 0 Å². The average Bonchev–Trinajstić information content (AvgIpc) is 2.44. The fourth-order valence-corrected chi connectivity index (χ4v) is 1.91. The molecule has 0 N–H and O–H groups in total. The van der Waals surface area contributed by atoms with Gasteiger partial charge >= 0.3 is 0 Å². The molecule has 0 saturated heterocycles. The lowest BCUT2D eigenvalue weighted by Gasteiger charge is -2.21. The Bertz CT molecular complexity index is 464. The molecule has 1 aromatic heterocycles. The second-order valence-electron chi connectivity index (χ2n) is 3.91. The van der Waals surface area contributed by atoms with Gasteiger partial charge in [-0.3, -0.25) is 0 Å². The number of hydrogen-bond donors (Lipinski definition) is 0. The number of hydrogen-bond acceptors (Lipinski definition) is 4. The fourth-order valence-electron chi connectivity index (χ4n) is 1.17. The molecule has 15 heavy (non-hydrogen) atoms. The topological polar surface area (TPSA) is 64.8 Å². The van der Waals surface area contributed by atoms with Gasteiger partial charge in [0, 0.05) is 13.3 Å². The molecule has 0 fully saturated rings. The van der Waals surface area contributed by atoms with Crippen molar-refractivity contribution < 1.29 is 8.42 Å². The first-order chi connectivity index (χ1) is 6.71. The fraction of sp³-hybridized carbons (Fsp3) is 0.750. The third-order valence-corrected chi connectivity index (χ3v) is 4.83. The van der Waals surface area contributed by atoms with Crippen LogP contribution in [0.25, 0.3) is 0 Å². The van der Waals surface area contributed by atoms with Gasteiger partial charge in [0.05, 0.1) is 5.88 Å². The zero-order chi connectivity index (χ0) is 11.9. The number of nitrogens with zero attached hydrogens (tertiary/aromatic N) is 3. The molecule has 0 saturated carbocycles. The van der Waals surface area contributed by atoms with Crippen LogP contribution < -0.4 is 0 Å². The minimum atomic E-state index is -3.24. The monoisotopic (exact) mass is 251 g/mol. The Labute approximate surface area is 94.4 Å². The van der Waals surface area contributed by atoms with Crippen molar-refractivity contribution >= 4 is 21.4 Å². The van der Waals surface area contributed by atoms with Gasteiger partial charge in [-0.05, 0) is 13.8 Å². The molecule has 5 nitrogen and oxygen atoms in total. The van der Waals surface area contributed by atoms with Crippen molar-refractivity contribution in [2.45, 2.75) is 24.5 Å². The molecule has 1 rings (SSSR count). The highest BCUT2D eigenvalue weighted by molar-refractivity contribution is 7.91. The van der Waals surface area contributed by atoms with Crippen molar-refractivity contribution in [3.63, 3.8) is 0 Å². The SMILES string of the molecule is Cn1c(CCl)nnc1C(C)(C)S(C)(=O)=O. The average molecular weight is 252 g/mol. The molecule has 0 aliphatic carbocycles. The van der Waals surface area contributed by atoms with Gasteiger partial charge in [-0.1, -0.05) is 0 Å². The van der Waals surface area contributed by atoms with Crippen LogP contribution in [-0.4, -0.2) is 29.4 Å². The van der Waals surface area contributed by atoms with Crippen molar-refractivity contribution in [1.29, 1.82) is 0 Å². The molecule has 1 aromatic rings. The zero-order valence-corrected chi connectivity index (χ0v) is 10.7. The Morgan fingerprint density at radius 3 is 2.27 bits per heavy atom. The second-order valence-corrected chi connectivity index (χ2v) is 6.75. The van der Waals surface area contributed by atoms with E-state index in [2.05, 4.69) is 10.2 Å². The molecule has 0 atom stereocenters. The van der Waals surface area contributed by atoms with Gasteiger partial charge in [0.25, 0.3) is 0 Å². The summed E-state index contributed by atoms with van der Waals surface area (Å²) in [4.78, 5) is 0.